The van der Waals surface area contributed by atoms with Gasteiger partial charge in [0.05, 0.1) is 12.7 Å². The topological polar surface area (TPSA) is 33.0 Å². The Balaban J connectivity index is 2.33. The molecular formula is C8H13NO. The molecule has 2 unspecified atom stereocenters. The van der Waals surface area contributed by atoms with Gasteiger partial charge in [0.2, 0.25) is 0 Å². The van der Waals surface area contributed by atoms with Crippen molar-refractivity contribution in [2.75, 3.05) is 13.2 Å². The van der Waals surface area contributed by atoms with Crippen LogP contribution in [0.3, 0.4) is 0 Å². The van der Waals surface area contributed by atoms with Crippen LogP contribution < -0.4 is 0 Å². The lowest BCUT2D eigenvalue weighted by atomic mass is 9.90. The average molecular weight is 139 g/mol. The summed E-state index contributed by atoms with van der Waals surface area (Å²) in [6.45, 7) is 3.64. The van der Waals surface area contributed by atoms with Crippen LogP contribution >= 0.6 is 0 Å². The molecule has 0 saturated carbocycles. The Morgan fingerprint density at radius 2 is 2.50 bits per heavy atom. The van der Waals surface area contributed by atoms with Gasteiger partial charge in [0.15, 0.2) is 0 Å². The zero-order valence-electron chi connectivity index (χ0n) is 6.34. The van der Waals surface area contributed by atoms with E-state index in [-0.39, 0.29) is 5.92 Å². The Bertz CT molecular complexity index is 133. The highest BCUT2D eigenvalue weighted by Crippen LogP contribution is 2.20. The van der Waals surface area contributed by atoms with E-state index in [1.165, 1.54) is 0 Å². The van der Waals surface area contributed by atoms with Crippen molar-refractivity contribution in [1.29, 1.82) is 5.26 Å². The molecule has 0 aliphatic carbocycles. The van der Waals surface area contributed by atoms with E-state index in [0.29, 0.717) is 5.92 Å². The molecule has 0 aromatic heterocycles. The summed E-state index contributed by atoms with van der Waals surface area (Å²) >= 11 is 0. The summed E-state index contributed by atoms with van der Waals surface area (Å²) in [4.78, 5) is 0. The summed E-state index contributed by atoms with van der Waals surface area (Å²) in [5, 5.41) is 8.58. The van der Waals surface area contributed by atoms with Crippen LogP contribution in [-0.2, 0) is 4.74 Å². The third-order valence-electron chi connectivity index (χ3n) is 2.11. The predicted molar refractivity (Wildman–Crippen MR) is 38.3 cm³/mol. The van der Waals surface area contributed by atoms with E-state index in [9.17, 15) is 0 Å². The van der Waals surface area contributed by atoms with Crippen molar-refractivity contribution in [1.82, 2.24) is 0 Å². The van der Waals surface area contributed by atoms with Gasteiger partial charge in [-0.1, -0.05) is 0 Å². The minimum atomic E-state index is 0.167. The van der Waals surface area contributed by atoms with Crippen molar-refractivity contribution in [2.24, 2.45) is 11.8 Å². The fraction of sp³-hybridized carbons (Fsp3) is 0.875. The molecule has 1 aliphatic rings. The minimum Gasteiger partial charge on any atom is -0.381 e. The van der Waals surface area contributed by atoms with Gasteiger partial charge in [-0.3, -0.25) is 0 Å². The molecule has 0 spiro atoms. The van der Waals surface area contributed by atoms with Crippen molar-refractivity contribution in [2.45, 2.75) is 19.8 Å². The van der Waals surface area contributed by atoms with E-state index >= 15 is 0 Å². The molecule has 1 saturated heterocycles. The summed E-state index contributed by atoms with van der Waals surface area (Å²) in [5.41, 5.74) is 0. The maximum Gasteiger partial charge on any atom is 0.0656 e. The van der Waals surface area contributed by atoms with Gasteiger partial charge in [0.1, 0.15) is 0 Å². The summed E-state index contributed by atoms with van der Waals surface area (Å²) in [5.74, 6) is 0.652. The predicted octanol–water partition coefficient (Wildman–Crippen LogP) is 1.57. The van der Waals surface area contributed by atoms with Gasteiger partial charge < -0.3 is 4.74 Å². The second-order valence-corrected chi connectivity index (χ2v) is 2.89. The lowest BCUT2D eigenvalue weighted by Crippen LogP contribution is -2.22. The standard InChI is InChI=1S/C8H13NO/c1-7(5-9)8-3-2-4-10-6-8/h7-8H,2-4,6H2,1H3. The smallest absolute Gasteiger partial charge is 0.0656 e. The molecule has 2 atom stereocenters. The highest BCUT2D eigenvalue weighted by Gasteiger charge is 2.19. The highest BCUT2D eigenvalue weighted by atomic mass is 16.5. The first-order chi connectivity index (χ1) is 4.84. The van der Waals surface area contributed by atoms with Crippen molar-refractivity contribution >= 4 is 0 Å². The number of nitrogens with zero attached hydrogens (tertiary/aromatic N) is 1. The second-order valence-electron chi connectivity index (χ2n) is 2.89. The average Bonchev–Trinajstić information content (AvgIpc) is 2.05. The largest absolute Gasteiger partial charge is 0.381 e. The van der Waals surface area contributed by atoms with Crippen LogP contribution in [0.5, 0.6) is 0 Å². The number of ether oxygens (including phenoxy) is 1. The molecule has 56 valence electrons. The molecule has 2 heteroatoms. The number of hydrogen-bond acceptors (Lipinski definition) is 2. The molecule has 2 nitrogen and oxygen atoms in total. The van der Waals surface area contributed by atoms with Crippen molar-refractivity contribution in [3.63, 3.8) is 0 Å². The molecule has 0 amide bonds. The van der Waals surface area contributed by atoms with Crippen LogP contribution in [0.2, 0.25) is 0 Å². The second kappa shape index (κ2) is 3.58. The summed E-state index contributed by atoms with van der Waals surface area (Å²) in [6.07, 6.45) is 2.28. The number of nitriles is 1. The van der Waals surface area contributed by atoms with E-state index in [2.05, 4.69) is 6.07 Å². The molecule has 1 fully saturated rings. The summed E-state index contributed by atoms with van der Waals surface area (Å²) in [7, 11) is 0. The fourth-order valence-electron chi connectivity index (χ4n) is 1.27. The van der Waals surface area contributed by atoms with Gasteiger partial charge in [-0.15, -0.1) is 0 Å². The summed E-state index contributed by atoms with van der Waals surface area (Å²) < 4.78 is 5.25. The SMILES string of the molecule is CC(C#N)C1CCCOC1. The van der Waals surface area contributed by atoms with Gasteiger partial charge in [-0.05, 0) is 25.7 Å². The molecular weight excluding hydrogens is 126 g/mol. The van der Waals surface area contributed by atoms with Crippen molar-refractivity contribution < 1.29 is 4.74 Å². The fourth-order valence-corrected chi connectivity index (χ4v) is 1.27. The first-order valence-corrected chi connectivity index (χ1v) is 3.82. The molecule has 1 aliphatic heterocycles. The molecule has 0 aromatic rings. The molecule has 0 aromatic carbocycles. The monoisotopic (exact) mass is 139 g/mol. The van der Waals surface area contributed by atoms with E-state index < -0.39 is 0 Å². The normalized spacial score (nSPS) is 29.0. The molecule has 0 bridgehead atoms. The lowest BCUT2D eigenvalue weighted by Gasteiger charge is -2.23. The zero-order chi connectivity index (χ0) is 7.40. The Hall–Kier alpha value is -0.550. The Labute approximate surface area is 61.8 Å². The Morgan fingerprint density at radius 1 is 1.70 bits per heavy atom. The van der Waals surface area contributed by atoms with Gasteiger partial charge in [0.25, 0.3) is 0 Å². The first kappa shape index (κ1) is 7.56. The molecule has 1 heterocycles. The molecule has 1 rings (SSSR count). The van der Waals surface area contributed by atoms with Crippen LogP contribution in [0.1, 0.15) is 19.8 Å². The zero-order valence-corrected chi connectivity index (χ0v) is 6.34. The van der Waals surface area contributed by atoms with Crippen LogP contribution in [0.25, 0.3) is 0 Å². The molecule has 0 radical (unpaired) electrons. The third kappa shape index (κ3) is 1.71. The van der Waals surface area contributed by atoms with Crippen LogP contribution in [-0.4, -0.2) is 13.2 Å². The quantitative estimate of drug-likeness (QED) is 0.552. The highest BCUT2D eigenvalue weighted by molar-refractivity contribution is 4.85. The van der Waals surface area contributed by atoms with Crippen molar-refractivity contribution in [3.8, 4) is 6.07 Å². The van der Waals surface area contributed by atoms with E-state index in [1.54, 1.807) is 0 Å². The summed E-state index contributed by atoms with van der Waals surface area (Å²) in [6, 6.07) is 2.25. The van der Waals surface area contributed by atoms with Gasteiger partial charge in [-0.25, -0.2) is 0 Å². The van der Waals surface area contributed by atoms with Gasteiger partial charge in [0, 0.05) is 12.5 Å². The van der Waals surface area contributed by atoms with Crippen molar-refractivity contribution in [3.05, 3.63) is 0 Å². The van der Waals surface area contributed by atoms with Gasteiger partial charge in [-0.2, -0.15) is 5.26 Å². The Kier molecular flexibility index (Phi) is 2.70. The maximum absolute atomic E-state index is 8.58. The first-order valence-electron chi connectivity index (χ1n) is 3.82. The number of hydrogen-bond donors (Lipinski definition) is 0. The maximum atomic E-state index is 8.58. The third-order valence-corrected chi connectivity index (χ3v) is 2.11. The minimum absolute atomic E-state index is 0.167. The van der Waals surface area contributed by atoms with Crippen LogP contribution in [0.4, 0.5) is 0 Å². The van der Waals surface area contributed by atoms with E-state index in [0.717, 1.165) is 26.1 Å². The van der Waals surface area contributed by atoms with E-state index in [4.69, 9.17) is 10.00 Å². The molecule has 0 N–H and O–H groups in total. The van der Waals surface area contributed by atoms with Crippen LogP contribution in [0.15, 0.2) is 0 Å². The number of rotatable bonds is 1. The molecule has 10 heavy (non-hydrogen) atoms. The van der Waals surface area contributed by atoms with E-state index in [1.807, 2.05) is 6.92 Å². The lowest BCUT2D eigenvalue weighted by molar-refractivity contribution is 0.0429. The Morgan fingerprint density at radius 3 is 3.00 bits per heavy atom. The van der Waals surface area contributed by atoms with Crippen LogP contribution in [0, 0.1) is 23.2 Å². The van der Waals surface area contributed by atoms with Gasteiger partial charge >= 0.3 is 0 Å².